The zero-order chi connectivity index (χ0) is 64.0. The quantitative estimate of drug-likeness (QED) is 0.155. The Labute approximate surface area is 548 Å². The first kappa shape index (κ1) is 57.2. The highest BCUT2D eigenvalue weighted by molar-refractivity contribution is 7.00. The molecule has 0 saturated heterocycles. The highest BCUT2D eigenvalue weighted by Gasteiger charge is 2.46. The number of para-hydroxylation sites is 1. The Balaban J connectivity index is 0.947. The minimum Gasteiger partial charge on any atom is -0.486 e. The van der Waals surface area contributed by atoms with Crippen LogP contribution in [0.4, 0.5) is 51.2 Å². The first-order chi connectivity index (χ1) is 44.5. The maximum Gasteiger partial charge on any atom is 0.252 e. The van der Waals surface area contributed by atoms with Crippen molar-refractivity contribution in [3.8, 4) is 45.1 Å². The summed E-state index contributed by atoms with van der Waals surface area (Å²) in [7, 11) is 0. The fourth-order valence-electron chi connectivity index (χ4n) is 16.1. The van der Waals surface area contributed by atoms with Crippen molar-refractivity contribution in [1.29, 1.82) is 0 Å². The van der Waals surface area contributed by atoms with Crippen LogP contribution in [0.15, 0.2) is 217 Å². The van der Waals surface area contributed by atoms with Gasteiger partial charge in [0.15, 0.2) is 11.5 Å². The van der Waals surface area contributed by atoms with Crippen LogP contribution in [-0.2, 0) is 27.1 Å². The van der Waals surface area contributed by atoms with Crippen LogP contribution in [-0.4, -0.2) is 19.9 Å². The molecule has 4 heterocycles. The van der Waals surface area contributed by atoms with Gasteiger partial charge >= 0.3 is 0 Å². The molecule has 0 amide bonds. The monoisotopic (exact) mass is 1210 g/mol. The molecule has 0 atom stereocenters. The van der Waals surface area contributed by atoms with E-state index in [9.17, 15) is 0 Å². The topological polar surface area (TPSA) is 41.3 Å². The Kier molecular flexibility index (Phi) is 12.2. The van der Waals surface area contributed by atoms with E-state index in [0.717, 1.165) is 85.0 Å². The van der Waals surface area contributed by atoms with Crippen LogP contribution in [0.3, 0.4) is 0 Å². The van der Waals surface area contributed by atoms with Crippen molar-refractivity contribution >= 4 is 96.0 Å². The molecule has 1 aromatic heterocycles. The molecule has 0 saturated carbocycles. The van der Waals surface area contributed by atoms with Crippen molar-refractivity contribution < 1.29 is 13.9 Å². The van der Waals surface area contributed by atoms with E-state index in [0.29, 0.717) is 13.2 Å². The van der Waals surface area contributed by atoms with Crippen molar-refractivity contribution in [3.63, 3.8) is 0 Å². The number of furan rings is 1. The standard InChI is InChI=1S/C86H78BN3O3/c1-82(2,3)54-24-29-57(30-25-54)89-72-39-28-56(84(7,8)9)45-70(72)87-71-49-78-79(92-41-40-91-78)50-73(71)90(58-31-26-55(27-32-58)83(4,5)6)75-48-61(47-74(89)81(75)87)88(59-33-36-62-51(42-59)23-38-67-80(62)65-19-15-16-20-66(65)85(67,10)11)60-34-37-64-63-35-22-53(43-68(63)86(12,13)69(64)46-60)77-44-52-18-14-17-21-76(52)93-77/h14-39,42-50H,40-41H2,1-13H3. The van der Waals surface area contributed by atoms with Crippen molar-refractivity contribution in [1.82, 2.24) is 0 Å². The molecule has 6 nitrogen and oxygen atoms in total. The maximum atomic E-state index is 6.59. The molecule has 0 unspecified atom stereocenters. The second-order valence-corrected chi connectivity index (χ2v) is 30.8. The van der Waals surface area contributed by atoms with Gasteiger partial charge < -0.3 is 28.6 Å². The molecular formula is C86H78BN3O3. The van der Waals surface area contributed by atoms with Gasteiger partial charge in [0.25, 0.3) is 6.71 Å². The molecule has 0 bridgehead atoms. The van der Waals surface area contributed by atoms with Gasteiger partial charge in [-0.25, -0.2) is 0 Å². The Morgan fingerprint density at radius 2 is 0.978 bits per heavy atom. The molecule has 2 aliphatic carbocycles. The van der Waals surface area contributed by atoms with Crippen molar-refractivity contribution in [2.75, 3.05) is 27.9 Å². The molecule has 12 aromatic rings. The van der Waals surface area contributed by atoms with Crippen molar-refractivity contribution in [2.24, 2.45) is 0 Å². The summed E-state index contributed by atoms with van der Waals surface area (Å²) >= 11 is 0. The first-order valence-corrected chi connectivity index (χ1v) is 33.3. The number of hydrogen-bond acceptors (Lipinski definition) is 6. The summed E-state index contributed by atoms with van der Waals surface area (Å²) in [6.45, 7) is 31.1. The zero-order valence-electron chi connectivity index (χ0n) is 55.8. The van der Waals surface area contributed by atoms with Crippen LogP contribution in [0.1, 0.15) is 129 Å². The van der Waals surface area contributed by atoms with Crippen LogP contribution in [0.25, 0.3) is 55.3 Å². The minimum absolute atomic E-state index is 0.0372. The van der Waals surface area contributed by atoms with Crippen LogP contribution >= 0.6 is 0 Å². The van der Waals surface area contributed by atoms with Crippen molar-refractivity contribution in [3.05, 3.63) is 251 Å². The van der Waals surface area contributed by atoms with E-state index in [4.69, 9.17) is 13.9 Å². The fourth-order valence-corrected chi connectivity index (χ4v) is 16.1. The molecule has 0 fully saturated rings. The second-order valence-electron chi connectivity index (χ2n) is 30.8. The lowest BCUT2D eigenvalue weighted by molar-refractivity contribution is 0.172. The predicted octanol–water partition coefficient (Wildman–Crippen LogP) is 21.1. The van der Waals surface area contributed by atoms with E-state index >= 15 is 0 Å². The number of hydrogen-bond donors (Lipinski definition) is 0. The summed E-state index contributed by atoms with van der Waals surface area (Å²) in [5.41, 5.74) is 29.1. The van der Waals surface area contributed by atoms with Crippen LogP contribution in [0.2, 0.25) is 0 Å². The van der Waals surface area contributed by atoms with Gasteiger partial charge in [0.1, 0.15) is 24.6 Å². The average molecular weight is 1210 g/mol. The lowest BCUT2D eigenvalue weighted by Gasteiger charge is -2.45. The summed E-state index contributed by atoms with van der Waals surface area (Å²) in [6, 6.07) is 81.2. The molecule has 17 rings (SSSR count). The maximum absolute atomic E-state index is 6.59. The lowest BCUT2D eigenvalue weighted by atomic mass is 9.33. The van der Waals surface area contributed by atoms with E-state index in [1.165, 1.54) is 88.4 Å². The second kappa shape index (κ2) is 19.9. The number of fused-ring (bicyclic) bond motifs is 14. The van der Waals surface area contributed by atoms with E-state index in [2.05, 4.69) is 311 Å². The highest BCUT2D eigenvalue weighted by Crippen LogP contribution is 2.56. The number of benzene rings is 11. The summed E-state index contributed by atoms with van der Waals surface area (Å²) in [6.07, 6.45) is 0. The van der Waals surface area contributed by atoms with Gasteiger partial charge in [0.2, 0.25) is 0 Å². The molecule has 5 aliphatic rings. The smallest absolute Gasteiger partial charge is 0.252 e. The molecule has 0 radical (unpaired) electrons. The third-order valence-corrected chi connectivity index (χ3v) is 21.3. The number of rotatable bonds is 6. The minimum atomic E-state index is -0.357. The van der Waals surface area contributed by atoms with Gasteiger partial charge in [-0.1, -0.05) is 205 Å². The molecule has 7 heteroatoms. The summed E-state index contributed by atoms with van der Waals surface area (Å²) in [5, 5.41) is 3.56. The average Bonchev–Trinajstić information content (AvgIpc) is 1.50. The third-order valence-electron chi connectivity index (χ3n) is 21.3. The van der Waals surface area contributed by atoms with E-state index in [1.54, 1.807) is 0 Å². The van der Waals surface area contributed by atoms with E-state index < -0.39 is 0 Å². The van der Waals surface area contributed by atoms with Crippen LogP contribution < -0.4 is 40.6 Å². The molecule has 0 N–H and O–H groups in total. The van der Waals surface area contributed by atoms with Gasteiger partial charge in [-0.2, -0.15) is 0 Å². The third kappa shape index (κ3) is 8.74. The molecule has 458 valence electrons. The Hall–Kier alpha value is -9.72. The van der Waals surface area contributed by atoms with Gasteiger partial charge in [0.05, 0.1) is 5.69 Å². The van der Waals surface area contributed by atoms with Crippen LogP contribution in [0.5, 0.6) is 11.5 Å². The molecule has 11 aromatic carbocycles. The summed E-state index contributed by atoms with van der Waals surface area (Å²) in [4.78, 5) is 7.65. The van der Waals surface area contributed by atoms with E-state index in [1.807, 2.05) is 6.07 Å². The Bertz CT molecular complexity index is 5090. The summed E-state index contributed by atoms with van der Waals surface area (Å²) in [5.74, 6) is 2.42. The highest BCUT2D eigenvalue weighted by atomic mass is 16.6. The number of ether oxygens (including phenoxy) is 2. The lowest BCUT2D eigenvalue weighted by Crippen LogP contribution is -2.61. The van der Waals surface area contributed by atoms with Gasteiger partial charge in [-0.15, -0.1) is 0 Å². The van der Waals surface area contributed by atoms with Crippen molar-refractivity contribution in [2.45, 2.75) is 117 Å². The fraction of sp³-hybridized carbons (Fsp3) is 0.233. The molecule has 3 aliphatic heterocycles. The largest absolute Gasteiger partial charge is 0.486 e. The zero-order valence-corrected chi connectivity index (χ0v) is 55.8. The Morgan fingerprint density at radius 3 is 1.66 bits per heavy atom. The number of nitrogens with zero attached hydrogens (tertiary/aromatic N) is 3. The first-order valence-electron chi connectivity index (χ1n) is 33.3. The Morgan fingerprint density at radius 1 is 0.409 bits per heavy atom. The normalized spacial score (nSPS) is 15.3. The molecule has 0 spiro atoms. The summed E-state index contributed by atoms with van der Waals surface area (Å²) < 4.78 is 19.7. The molecular weight excluding hydrogens is 1130 g/mol. The SMILES string of the molecule is CC(C)(C)c1ccc(N2c3ccc(C(C)(C)C)cc3B3c4cc5c(cc4N(c4ccc(C(C)(C)C)cc4)c4cc(N(c6ccc7c(c6)C(C)(C)c6cc(-c8cc9ccccc9o8)ccc6-7)c6ccc7c8c(ccc7c6)C(C)(C)c6ccccc6-8)cc2c43)OCCO5)cc1. The van der Waals surface area contributed by atoms with Gasteiger partial charge in [-0.3, -0.25) is 0 Å². The number of anilines is 9. The predicted molar refractivity (Wildman–Crippen MR) is 390 cm³/mol. The molecule has 93 heavy (non-hydrogen) atoms. The van der Waals surface area contributed by atoms with Crippen LogP contribution in [0, 0.1) is 0 Å². The van der Waals surface area contributed by atoms with E-state index in [-0.39, 0.29) is 33.8 Å². The van der Waals surface area contributed by atoms with Gasteiger partial charge in [-0.05, 0) is 196 Å². The van der Waals surface area contributed by atoms with Gasteiger partial charge in [0, 0.05) is 73.3 Å².